The number of ether oxygens (including phenoxy) is 1. The van der Waals surface area contributed by atoms with Crippen molar-refractivity contribution in [3.8, 4) is 5.75 Å². The third kappa shape index (κ3) is 3.75. The Morgan fingerprint density at radius 3 is 2.92 bits per heavy atom. The molecule has 0 aliphatic carbocycles. The fourth-order valence-electron chi connectivity index (χ4n) is 3.04. The maximum Gasteiger partial charge on any atom is 0.239 e. The Labute approximate surface area is 148 Å². The zero-order valence-corrected chi connectivity index (χ0v) is 15.0. The molecule has 0 bridgehead atoms. The summed E-state index contributed by atoms with van der Waals surface area (Å²) in [5.74, 6) is 1.87. The molecule has 24 heavy (non-hydrogen) atoms. The summed E-state index contributed by atoms with van der Waals surface area (Å²) >= 11 is 1.68. The molecule has 0 spiro atoms. The van der Waals surface area contributed by atoms with E-state index in [0.717, 1.165) is 36.6 Å². The van der Waals surface area contributed by atoms with Gasteiger partial charge in [0.05, 0.1) is 12.4 Å². The lowest BCUT2D eigenvalue weighted by Crippen LogP contribution is -2.40. The van der Waals surface area contributed by atoms with E-state index in [0.29, 0.717) is 0 Å². The molecular formula is C20H23NO2S. The van der Waals surface area contributed by atoms with Gasteiger partial charge in [-0.05, 0) is 49.1 Å². The summed E-state index contributed by atoms with van der Waals surface area (Å²) in [7, 11) is 1.67. The topological polar surface area (TPSA) is 29.5 Å². The van der Waals surface area contributed by atoms with Gasteiger partial charge in [-0.1, -0.05) is 30.3 Å². The molecular weight excluding hydrogens is 318 g/mol. The standard InChI is InChI=1S/C20H23NO2S/c1-15(24-14-16-7-5-10-18(13-16)23-2)20(22)21-12-6-9-17-8-3-4-11-19(17)21/h3-5,7-8,10-11,13,15H,6,9,12,14H2,1-2H3. The van der Waals surface area contributed by atoms with Crippen molar-refractivity contribution in [2.24, 2.45) is 0 Å². The molecule has 1 heterocycles. The first-order chi connectivity index (χ1) is 11.7. The minimum absolute atomic E-state index is 0.0673. The van der Waals surface area contributed by atoms with Crippen molar-refractivity contribution < 1.29 is 9.53 Å². The maximum atomic E-state index is 12.9. The highest BCUT2D eigenvalue weighted by Crippen LogP contribution is 2.29. The van der Waals surface area contributed by atoms with E-state index in [-0.39, 0.29) is 11.2 Å². The van der Waals surface area contributed by atoms with E-state index >= 15 is 0 Å². The van der Waals surface area contributed by atoms with Gasteiger partial charge in [-0.25, -0.2) is 0 Å². The lowest BCUT2D eigenvalue weighted by atomic mass is 10.0. The minimum atomic E-state index is -0.0673. The number of aryl methyl sites for hydroxylation is 1. The zero-order chi connectivity index (χ0) is 16.9. The Hall–Kier alpha value is -1.94. The highest BCUT2D eigenvalue weighted by molar-refractivity contribution is 7.99. The first kappa shape index (κ1) is 16.9. The van der Waals surface area contributed by atoms with Crippen LogP contribution in [0, 0.1) is 0 Å². The number of hydrogen-bond acceptors (Lipinski definition) is 3. The van der Waals surface area contributed by atoms with Crippen LogP contribution in [0.25, 0.3) is 0 Å². The fourth-order valence-corrected chi connectivity index (χ4v) is 3.93. The Morgan fingerprint density at radius 2 is 2.08 bits per heavy atom. The smallest absolute Gasteiger partial charge is 0.239 e. The molecule has 0 saturated heterocycles. The Morgan fingerprint density at radius 1 is 1.25 bits per heavy atom. The second kappa shape index (κ2) is 7.75. The summed E-state index contributed by atoms with van der Waals surface area (Å²) in [4.78, 5) is 14.8. The third-order valence-electron chi connectivity index (χ3n) is 4.36. The monoisotopic (exact) mass is 341 g/mol. The second-order valence-corrected chi connectivity index (χ2v) is 7.36. The van der Waals surface area contributed by atoms with Crippen molar-refractivity contribution in [2.45, 2.75) is 30.8 Å². The Kier molecular flexibility index (Phi) is 5.46. The van der Waals surface area contributed by atoms with Gasteiger partial charge in [0.15, 0.2) is 0 Å². The number of anilines is 1. The summed E-state index contributed by atoms with van der Waals surface area (Å²) in [5.41, 5.74) is 3.54. The number of hydrogen-bond donors (Lipinski definition) is 0. The maximum absolute atomic E-state index is 12.9. The molecule has 1 atom stereocenters. The number of amides is 1. The summed E-state index contributed by atoms with van der Waals surface area (Å²) in [6, 6.07) is 16.3. The quantitative estimate of drug-likeness (QED) is 0.812. The zero-order valence-electron chi connectivity index (χ0n) is 14.2. The van der Waals surface area contributed by atoms with E-state index in [1.54, 1.807) is 18.9 Å². The molecule has 2 aromatic carbocycles. The number of carbonyl (C=O) groups is 1. The van der Waals surface area contributed by atoms with Crippen LogP contribution in [-0.2, 0) is 17.0 Å². The molecule has 0 fully saturated rings. The SMILES string of the molecule is COc1cccc(CSC(C)C(=O)N2CCCc3ccccc32)c1. The predicted molar refractivity (Wildman–Crippen MR) is 101 cm³/mol. The van der Waals surface area contributed by atoms with Gasteiger partial charge < -0.3 is 9.64 Å². The third-order valence-corrected chi connectivity index (χ3v) is 5.56. The van der Waals surface area contributed by atoms with Gasteiger partial charge in [0, 0.05) is 18.0 Å². The van der Waals surface area contributed by atoms with E-state index in [2.05, 4.69) is 18.2 Å². The van der Waals surface area contributed by atoms with Gasteiger partial charge in [0.25, 0.3) is 0 Å². The molecule has 1 unspecified atom stereocenters. The fraction of sp³-hybridized carbons (Fsp3) is 0.350. The van der Waals surface area contributed by atoms with Crippen LogP contribution in [0.5, 0.6) is 5.75 Å². The molecule has 0 N–H and O–H groups in total. The minimum Gasteiger partial charge on any atom is -0.497 e. The summed E-state index contributed by atoms with van der Waals surface area (Å²) in [6.07, 6.45) is 2.10. The lowest BCUT2D eigenvalue weighted by Gasteiger charge is -2.31. The number of para-hydroxylation sites is 1. The summed E-state index contributed by atoms with van der Waals surface area (Å²) < 4.78 is 5.26. The Balaban J connectivity index is 1.65. The van der Waals surface area contributed by atoms with Crippen molar-refractivity contribution >= 4 is 23.4 Å². The van der Waals surface area contributed by atoms with Crippen molar-refractivity contribution in [2.75, 3.05) is 18.6 Å². The molecule has 0 aromatic heterocycles. The van der Waals surface area contributed by atoms with Crippen LogP contribution in [0.15, 0.2) is 48.5 Å². The summed E-state index contributed by atoms with van der Waals surface area (Å²) in [5, 5.41) is -0.0673. The van der Waals surface area contributed by atoms with E-state index in [4.69, 9.17) is 4.74 Å². The van der Waals surface area contributed by atoms with Crippen molar-refractivity contribution in [1.82, 2.24) is 0 Å². The van der Waals surface area contributed by atoms with Crippen LogP contribution in [0.3, 0.4) is 0 Å². The number of carbonyl (C=O) groups excluding carboxylic acids is 1. The molecule has 126 valence electrons. The van der Waals surface area contributed by atoms with Crippen molar-refractivity contribution in [1.29, 1.82) is 0 Å². The van der Waals surface area contributed by atoms with E-state index < -0.39 is 0 Å². The molecule has 0 saturated carbocycles. The van der Waals surface area contributed by atoms with Crippen LogP contribution in [0.2, 0.25) is 0 Å². The average molecular weight is 341 g/mol. The van der Waals surface area contributed by atoms with E-state index in [9.17, 15) is 4.79 Å². The number of rotatable bonds is 5. The largest absolute Gasteiger partial charge is 0.497 e. The van der Waals surface area contributed by atoms with Crippen molar-refractivity contribution in [3.63, 3.8) is 0 Å². The highest BCUT2D eigenvalue weighted by atomic mass is 32.2. The molecule has 1 amide bonds. The number of benzene rings is 2. The van der Waals surface area contributed by atoms with Gasteiger partial charge >= 0.3 is 0 Å². The van der Waals surface area contributed by atoms with Crippen LogP contribution in [0.4, 0.5) is 5.69 Å². The van der Waals surface area contributed by atoms with Crippen LogP contribution in [-0.4, -0.2) is 24.8 Å². The molecule has 3 nitrogen and oxygen atoms in total. The number of fused-ring (bicyclic) bond motifs is 1. The molecule has 0 radical (unpaired) electrons. The first-order valence-electron chi connectivity index (χ1n) is 8.33. The summed E-state index contributed by atoms with van der Waals surface area (Å²) in [6.45, 7) is 2.82. The first-order valence-corrected chi connectivity index (χ1v) is 9.37. The van der Waals surface area contributed by atoms with Crippen LogP contribution in [0.1, 0.15) is 24.5 Å². The van der Waals surface area contributed by atoms with Crippen molar-refractivity contribution in [3.05, 3.63) is 59.7 Å². The van der Waals surface area contributed by atoms with Gasteiger partial charge in [0.2, 0.25) is 5.91 Å². The Bertz CT molecular complexity index is 716. The molecule has 3 rings (SSSR count). The molecule has 1 aliphatic heterocycles. The molecule has 4 heteroatoms. The number of nitrogens with zero attached hydrogens (tertiary/aromatic N) is 1. The van der Waals surface area contributed by atoms with Gasteiger partial charge in [-0.15, -0.1) is 11.8 Å². The predicted octanol–water partition coefficient (Wildman–Crippen LogP) is 4.30. The lowest BCUT2D eigenvalue weighted by molar-refractivity contribution is -0.117. The number of methoxy groups -OCH3 is 1. The van der Waals surface area contributed by atoms with Gasteiger partial charge in [-0.2, -0.15) is 0 Å². The number of thioether (sulfide) groups is 1. The molecule has 1 aliphatic rings. The van der Waals surface area contributed by atoms with Crippen LogP contribution < -0.4 is 9.64 Å². The van der Waals surface area contributed by atoms with E-state index in [1.165, 1.54) is 11.1 Å². The van der Waals surface area contributed by atoms with Gasteiger partial charge in [-0.3, -0.25) is 4.79 Å². The normalized spacial score (nSPS) is 14.8. The highest BCUT2D eigenvalue weighted by Gasteiger charge is 2.26. The van der Waals surface area contributed by atoms with E-state index in [1.807, 2.05) is 42.2 Å². The average Bonchev–Trinajstić information content (AvgIpc) is 2.65. The van der Waals surface area contributed by atoms with Crippen LogP contribution >= 0.6 is 11.8 Å². The van der Waals surface area contributed by atoms with Gasteiger partial charge in [0.1, 0.15) is 5.75 Å². The molecule has 2 aromatic rings. The second-order valence-electron chi connectivity index (χ2n) is 6.03.